The number of aliphatic hydroxyl groups is 2. The molecule has 41 heavy (non-hydrogen) atoms. The molecule has 4 aromatic rings. The molecule has 0 amide bonds. The maximum atomic E-state index is 11.4. The highest BCUT2D eigenvalue weighted by Crippen LogP contribution is 2.33. The maximum Gasteiger partial charge on any atom is 0.320 e. The molecule has 3 aromatic heterocycles. The van der Waals surface area contributed by atoms with Gasteiger partial charge in [-0.1, -0.05) is 18.2 Å². The van der Waals surface area contributed by atoms with E-state index in [1.807, 2.05) is 24.5 Å². The van der Waals surface area contributed by atoms with E-state index in [0.29, 0.717) is 30.2 Å². The molecule has 5 heterocycles. The normalized spacial score (nSPS) is 24.4. The van der Waals surface area contributed by atoms with E-state index < -0.39 is 36.6 Å². The van der Waals surface area contributed by atoms with Crippen molar-refractivity contribution in [1.29, 1.82) is 0 Å². The molecule has 14 nitrogen and oxygen atoms in total. The third-order valence-corrected chi connectivity index (χ3v) is 8.01. The Balaban J connectivity index is 1.10. The minimum Gasteiger partial charge on any atom is -0.480 e. The van der Waals surface area contributed by atoms with Crippen LogP contribution in [0.3, 0.4) is 0 Å². The summed E-state index contributed by atoms with van der Waals surface area (Å²) in [6.45, 7) is 3.86. The van der Waals surface area contributed by atoms with E-state index in [9.17, 15) is 20.1 Å². The number of carbonyl (C=O) groups is 1. The van der Waals surface area contributed by atoms with Gasteiger partial charge in [0, 0.05) is 50.2 Å². The summed E-state index contributed by atoms with van der Waals surface area (Å²) in [4.78, 5) is 28.1. The second kappa shape index (κ2) is 11.3. The fourth-order valence-corrected chi connectivity index (χ4v) is 5.81. The van der Waals surface area contributed by atoms with Crippen molar-refractivity contribution in [2.75, 3.05) is 38.5 Å². The molecule has 5 atom stereocenters. The Labute approximate surface area is 235 Å². The standard InChI is InChI=1S/C27H34N8O6/c28-18(27(38)39)5-6-33(7-15-8-34(9-15)10-16-12-40-19-4-2-1-3-17(16)19)11-20-22(36)23(37)26(41-20)35-14-32-21-24(29)30-13-31-25(21)35/h1-4,12-15,18,20,22-23,26,36-37H,5-11,28H2,(H,38,39)(H2,29,30,31)/t18-,20+,22+,23+,26+/m0/s1. The van der Waals surface area contributed by atoms with Gasteiger partial charge in [0.1, 0.15) is 41.8 Å². The van der Waals surface area contributed by atoms with Crippen LogP contribution in [-0.2, 0) is 16.1 Å². The third kappa shape index (κ3) is 5.49. The lowest BCUT2D eigenvalue weighted by molar-refractivity contribution is -0.138. The van der Waals surface area contributed by atoms with Crippen molar-refractivity contribution < 1.29 is 29.3 Å². The van der Waals surface area contributed by atoms with E-state index in [1.165, 1.54) is 17.2 Å². The largest absolute Gasteiger partial charge is 0.480 e. The van der Waals surface area contributed by atoms with Gasteiger partial charge in [-0.3, -0.25) is 14.3 Å². The van der Waals surface area contributed by atoms with Gasteiger partial charge in [0.15, 0.2) is 17.7 Å². The van der Waals surface area contributed by atoms with Crippen molar-refractivity contribution in [3.63, 3.8) is 0 Å². The quantitative estimate of drug-likeness (QED) is 0.163. The van der Waals surface area contributed by atoms with Crippen LogP contribution in [0.1, 0.15) is 18.2 Å². The Morgan fingerprint density at radius 2 is 1.95 bits per heavy atom. The van der Waals surface area contributed by atoms with Crippen molar-refractivity contribution in [2.45, 2.75) is 43.5 Å². The first-order valence-corrected chi connectivity index (χ1v) is 13.6. The zero-order chi connectivity index (χ0) is 28.7. The van der Waals surface area contributed by atoms with E-state index in [2.05, 4.69) is 30.8 Å². The lowest BCUT2D eigenvalue weighted by atomic mass is 9.97. The third-order valence-electron chi connectivity index (χ3n) is 8.01. The molecule has 0 radical (unpaired) electrons. The Morgan fingerprint density at radius 1 is 1.15 bits per heavy atom. The van der Waals surface area contributed by atoms with Crippen LogP contribution >= 0.6 is 0 Å². The van der Waals surface area contributed by atoms with Gasteiger partial charge in [0.05, 0.1) is 12.6 Å². The Morgan fingerprint density at radius 3 is 2.76 bits per heavy atom. The number of para-hydroxylation sites is 1. The van der Waals surface area contributed by atoms with Crippen LogP contribution in [0.15, 0.2) is 47.6 Å². The molecule has 0 unspecified atom stereocenters. The molecule has 0 spiro atoms. The molecule has 14 heteroatoms. The highest BCUT2D eigenvalue weighted by atomic mass is 16.6. The number of fused-ring (bicyclic) bond motifs is 2. The molecular formula is C27H34N8O6. The molecule has 2 saturated heterocycles. The SMILES string of the molecule is Nc1ncnc2c1ncn2[C@@H]1O[C@H](CN(CC[C@H](N)C(=O)O)CC2CN(Cc3coc4ccccc34)C2)[C@@H](O)[C@H]1O. The number of rotatable bonds is 11. The summed E-state index contributed by atoms with van der Waals surface area (Å²) in [7, 11) is 0. The number of carboxylic acid groups (broad SMARTS) is 1. The number of ether oxygens (including phenoxy) is 1. The number of aliphatic carboxylic acids is 1. The van der Waals surface area contributed by atoms with Crippen LogP contribution in [-0.4, -0.2) is 108 Å². The number of anilines is 1. The van der Waals surface area contributed by atoms with Crippen molar-refractivity contribution in [3.05, 3.63) is 48.7 Å². The number of nitrogens with two attached hydrogens (primary N) is 2. The molecule has 2 aliphatic heterocycles. The van der Waals surface area contributed by atoms with Crippen molar-refractivity contribution >= 4 is 33.9 Å². The van der Waals surface area contributed by atoms with Crippen LogP contribution in [0.2, 0.25) is 0 Å². The molecule has 0 aliphatic carbocycles. The summed E-state index contributed by atoms with van der Waals surface area (Å²) in [5, 5.41) is 32.2. The first-order valence-electron chi connectivity index (χ1n) is 13.6. The van der Waals surface area contributed by atoms with Crippen molar-refractivity contribution in [1.82, 2.24) is 29.3 Å². The van der Waals surface area contributed by atoms with E-state index in [4.69, 9.17) is 20.6 Å². The smallest absolute Gasteiger partial charge is 0.320 e. The zero-order valence-corrected chi connectivity index (χ0v) is 22.4. The molecule has 1 aromatic carbocycles. The van der Waals surface area contributed by atoms with Crippen LogP contribution in [0.25, 0.3) is 22.1 Å². The van der Waals surface area contributed by atoms with Gasteiger partial charge >= 0.3 is 5.97 Å². The van der Waals surface area contributed by atoms with Gasteiger partial charge in [0.25, 0.3) is 0 Å². The topological polar surface area (TPSA) is 202 Å². The lowest BCUT2D eigenvalue weighted by Gasteiger charge is -2.42. The van der Waals surface area contributed by atoms with Gasteiger partial charge in [-0.2, -0.15) is 0 Å². The van der Waals surface area contributed by atoms with Crippen LogP contribution in [0.4, 0.5) is 5.82 Å². The number of carboxylic acids is 1. The fraction of sp³-hybridized carbons (Fsp3) is 0.481. The van der Waals surface area contributed by atoms with E-state index in [1.54, 1.807) is 0 Å². The summed E-state index contributed by atoms with van der Waals surface area (Å²) in [5.41, 5.74) is 14.5. The second-order valence-electron chi connectivity index (χ2n) is 10.9. The molecule has 2 fully saturated rings. The van der Waals surface area contributed by atoms with Crippen molar-refractivity contribution in [2.24, 2.45) is 11.7 Å². The van der Waals surface area contributed by atoms with E-state index >= 15 is 0 Å². The van der Waals surface area contributed by atoms with Crippen molar-refractivity contribution in [3.8, 4) is 0 Å². The summed E-state index contributed by atoms with van der Waals surface area (Å²) in [6.07, 6.45) is 0.721. The average Bonchev–Trinajstić information content (AvgIpc) is 3.63. The Bertz CT molecular complexity index is 1520. The minimum atomic E-state index is -1.24. The number of hydrogen-bond acceptors (Lipinski definition) is 12. The molecule has 6 rings (SSSR count). The van der Waals surface area contributed by atoms with E-state index in [-0.39, 0.29) is 18.8 Å². The lowest BCUT2D eigenvalue weighted by Crippen LogP contribution is -2.52. The van der Waals surface area contributed by atoms with Gasteiger partial charge in [-0.05, 0) is 18.4 Å². The summed E-state index contributed by atoms with van der Waals surface area (Å²) >= 11 is 0. The van der Waals surface area contributed by atoms with E-state index in [0.717, 1.165) is 36.2 Å². The zero-order valence-electron chi connectivity index (χ0n) is 22.4. The van der Waals surface area contributed by atoms with Crippen LogP contribution in [0.5, 0.6) is 0 Å². The van der Waals surface area contributed by atoms with Gasteiger partial charge in [-0.25, -0.2) is 15.0 Å². The Hall–Kier alpha value is -3.66. The van der Waals surface area contributed by atoms with Crippen LogP contribution < -0.4 is 11.5 Å². The summed E-state index contributed by atoms with van der Waals surface area (Å²) in [5.74, 6) is -0.520. The number of likely N-dealkylation sites (tertiary alicyclic amines) is 1. The number of nitrogens with zero attached hydrogens (tertiary/aromatic N) is 6. The molecule has 7 N–H and O–H groups in total. The second-order valence-corrected chi connectivity index (χ2v) is 10.9. The monoisotopic (exact) mass is 566 g/mol. The predicted molar refractivity (Wildman–Crippen MR) is 147 cm³/mol. The molecule has 2 aliphatic rings. The first kappa shape index (κ1) is 27.5. The highest BCUT2D eigenvalue weighted by molar-refractivity contribution is 5.81. The number of aromatic nitrogens is 4. The van der Waals surface area contributed by atoms with Crippen LogP contribution in [0, 0.1) is 5.92 Å². The fourth-order valence-electron chi connectivity index (χ4n) is 5.81. The average molecular weight is 567 g/mol. The number of nitrogen functional groups attached to an aromatic ring is 1. The molecule has 0 bridgehead atoms. The number of hydrogen-bond donors (Lipinski definition) is 5. The minimum absolute atomic E-state index is 0.203. The molecular weight excluding hydrogens is 532 g/mol. The summed E-state index contributed by atoms with van der Waals surface area (Å²) in [6, 6.07) is 6.96. The number of aliphatic hydroxyl groups excluding tert-OH is 2. The number of imidazole rings is 1. The molecule has 0 saturated carbocycles. The predicted octanol–water partition coefficient (Wildman–Crippen LogP) is 0.00990. The van der Waals surface area contributed by atoms with Gasteiger partial charge < -0.3 is 40.8 Å². The maximum absolute atomic E-state index is 11.4. The Kier molecular flexibility index (Phi) is 7.59. The van der Waals surface area contributed by atoms with Gasteiger partial charge in [-0.15, -0.1) is 0 Å². The molecule has 218 valence electrons. The highest BCUT2D eigenvalue weighted by Gasteiger charge is 2.45. The summed E-state index contributed by atoms with van der Waals surface area (Å²) < 4.78 is 13.3. The van der Waals surface area contributed by atoms with Gasteiger partial charge in [0.2, 0.25) is 0 Å². The number of furan rings is 1. The number of benzene rings is 1. The first-order chi connectivity index (χ1) is 19.8.